The topological polar surface area (TPSA) is 89.6 Å². The van der Waals surface area contributed by atoms with Crippen LogP contribution in [0.4, 0.5) is 24.7 Å². The number of nitrogen functional groups attached to an aromatic ring is 1. The van der Waals surface area contributed by atoms with Gasteiger partial charge < -0.3 is 20.1 Å². The number of hydrogen-bond acceptors (Lipinski definition) is 8. The molecule has 0 radical (unpaired) electrons. The molecule has 4 fully saturated rings. The van der Waals surface area contributed by atoms with Gasteiger partial charge in [-0.25, -0.2) is 13.2 Å². The maximum atomic E-state index is 15.0. The number of nitrogens with zero attached hydrogens (tertiary/aromatic N) is 5. The Morgan fingerprint density at radius 1 is 1.27 bits per heavy atom. The Balaban J connectivity index is 1.32. The van der Waals surface area contributed by atoms with E-state index in [4.69, 9.17) is 39.3 Å². The third kappa shape index (κ3) is 4.49. The highest BCUT2D eigenvalue weighted by Crippen LogP contribution is 2.46. The molecule has 8 rings (SSSR count). The SMILES string of the molecule is [2H]C([2H])(Oc1nc(N2CCOC[C@H]3[C@H](F)[C@H]32)c2cnc(-c3cc(N)cc4ccc(F)c(C#C)c34)c(C)c2n1)[C@@]12CCCN1C[C@H](F)C2. The highest BCUT2D eigenvalue weighted by Gasteiger charge is 2.56. The summed E-state index contributed by atoms with van der Waals surface area (Å²) in [4.78, 5) is 17.9. The van der Waals surface area contributed by atoms with Crippen LogP contribution in [-0.4, -0.2) is 83.2 Å². The number of fused-ring (bicyclic) bond motifs is 4. The van der Waals surface area contributed by atoms with Crippen LogP contribution in [-0.2, 0) is 4.74 Å². The number of anilines is 2. The lowest BCUT2D eigenvalue weighted by atomic mass is 9.94. The van der Waals surface area contributed by atoms with Gasteiger partial charge in [0, 0.05) is 53.8 Å². The van der Waals surface area contributed by atoms with Gasteiger partial charge in [-0.2, -0.15) is 9.97 Å². The largest absolute Gasteiger partial charge is 0.461 e. The zero-order valence-electron chi connectivity index (χ0n) is 26.7. The van der Waals surface area contributed by atoms with Crippen molar-refractivity contribution in [3.05, 3.63) is 47.4 Å². The normalized spacial score (nSPS) is 28.7. The Bertz CT molecular complexity index is 1990. The number of ether oxygens (including phenoxy) is 2. The number of terminal acetylenes is 1. The van der Waals surface area contributed by atoms with E-state index in [0.29, 0.717) is 76.1 Å². The number of rotatable bonds is 5. The summed E-state index contributed by atoms with van der Waals surface area (Å²) in [6, 6.07) is 5.55. The lowest BCUT2D eigenvalue weighted by Crippen LogP contribution is -2.43. The third-order valence-corrected chi connectivity index (χ3v) is 9.81. The molecule has 11 heteroatoms. The van der Waals surface area contributed by atoms with Gasteiger partial charge in [-0.3, -0.25) is 9.88 Å². The van der Waals surface area contributed by atoms with Crippen molar-refractivity contribution in [1.82, 2.24) is 19.9 Å². The van der Waals surface area contributed by atoms with Crippen LogP contribution in [0.25, 0.3) is 32.9 Å². The minimum atomic E-state index is -2.34. The van der Waals surface area contributed by atoms with E-state index in [9.17, 15) is 8.78 Å². The Labute approximate surface area is 261 Å². The molecule has 8 nitrogen and oxygen atoms in total. The Morgan fingerprint density at radius 2 is 2.13 bits per heavy atom. The molecule has 5 atom stereocenters. The van der Waals surface area contributed by atoms with Crippen molar-refractivity contribution < 1.29 is 25.4 Å². The van der Waals surface area contributed by atoms with E-state index in [1.807, 2.05) is 9.80 Å². The van der Waals surface area contributed by atoms with Crippen molar-refractivity contribution in [2.45, 2.75) is 50.1 Å². The van der Waals surface area contributed by atoms with Crippen LogP contribution in [0.3, 0.4) is 0 Å². The van der Waals surface area contributed by atoms with Crippen LogP contribution in [0, 0.1) is 31.0 Å². The Hall–Kier alpha value is -4.14. The lowest BCUT2D eigenvalue weighted by molar-refractivity contribution is 0.107. The number of hydrogen-bond donors (Lipinski definition) is 1. The standard InChI is InChI=1S/C34H33F3N6O2/c1-3-22-26(36)6-5-19-11-21(38)12-23(27(19)22)29-18(2)30-24(14-39-29)32(43-9-10-44-16-25-28(37)31(25)43)41-33(40-30)45-17-34-7-4-8-42(34)15-20(35)13-34/h1,5-6,11-12,14,20,25,28,31H,4,7-10,13,15-17,38H2,2H3/t20-,25+,28+,31+,34+/m1/s1/i17D2. The van der Waals surface area contributed by atoms with Crippen LogP contribution in [0.5, 0.6) is 6.01 Å². The molecular formula is C34H33F3N6O2. The highest BCUT2D eigenvalue weighted by atomic mass is 19.1. The summed E-state index contributed by atoms with van der Waals surface area (Å²) in [5, 5.41) is 1.60. The van der Waals surface area contributed by atoms with Crippen LogP contribution >= 0.6 is 0 Å². The zero-order chi connectivity index (χ0) is 32.8. The van der Waals surface area contributed by atoms with Crippen molar-refractivity contribution in [2.75, 3.05) is 50.0 Å². The molecule has 0 spiro atoms. The van der Waals surface area contributed by atoms with Gasteiger partial charge in [0.05, 0.1) is 49.7 Å². The molecule has 2 aromatic carbocycles. The smallest absolute Gasteiger partial charge is 0.319 e. The number of pyridine rings is 1. The number of alkyl halides is 2. The van der Waals surface area contributed by atoms with Gasteiger partial charge in [-0.05, 0) is 49.9 Å². The van der Waals surface area contributed by atoms with E-state index in [1.54, 1.807) is 31.3 Å². The first-order valence-corrected chi connectivity index (χ1v) is 15.3. The summed E-state index contributed by atoms with van der Waals surface area (Å²) in [6.07, 6.45) is 6.20. The van der Waals surface area contributed by atoms with Crippen molar-refractivity contribution in [1.29, 1.82) is 0 Å². The van der Waals surface area contributed by atoms with Gasteiger partial charge in [0.1, 0.15) is 30.5 Å². The Morgan fingerprint density at radius 3 is 2.98 bits per heavy atom. The minimum absolute atomic E-state index is 0.000852. The molecule has 0 bridgehead atoms. The quantitative estimate of drug-likeness (QED) is 0.248. The first-order chi connectivity index (χ1) is 22.5. The summed E-state index contributed by atoms with van der Waals surface area (Å²) in [7, 11) is 0. The van der Waals surface area contributed by atoms with Gasteiger partial charge in [0.2, 0.25) is 0 Å². The van der Waals surface area contributed by atoms with Crippen LogP contribution < -0.4 is 15.4 Å². The molecule has 2 aromatic heterocycles. The maximum Gasteiger partial charge on any atom is 0.319 e. The molecule has 1 aliphatic carbocycles. The summed E-state index contributed by atoms with van der Waals surface area (Å²) < 4.78 is 74.6. The summed E-state index contributed by atoms with van der Waals surface area (Å²) in [5.74, 6) is 1.92. The predicted molar refractivity (Wildman–Crippen MR) is 166 cm³/mol. The van der Waals surface area contributed by atoms with Gasteiger partial charge in [-0.15, -0.1) is 6.42 Å². The molecule has 3 aliphatic heterocycles. The van der Waals surface area contributed by atoms with E-state index in [1.165, 1.54) is 6.07 Å². The molecule has 3 saturated heterocycles. The number of nitrogens with two attached hydrogens (primary N) is 1. The molecule has 1 saturated carbocycles. The second kappa shape index (κ2) is 10.5. The van der Waals surface area contributed by atoms with Crippen LogP contribution in [0.15, 0.2) is 30.5 Å². The van der Waals surface area contributed by atoms with E-state index < -0.39 is 36.3 Å². The molecule has 2 N–H and O–H groups in total. The molecular weight excluding hydrogens is 581 g/mol. The third-order valence-electron chi connectivity index (χ3n) is 9.81. The molecule has 4 aliphatic rings. The highest BCUT2D eigenvalue weighted by molar-refractivity contribution is 6.04. The molecule has 232 valence electrons. The van der Waals surface area contributed by atoms with E-state index in [-0.39, 0.29) is 37.1 Å². The van der Waals surface area contributed by atoms with Gasteiger partial charge in [0.25, 0.3) is 0 Å². The van der Waals surface area contributed by atoms with Crippen LogP contribution in [0.1, 0.15) is 33.1 Å². The van der Waals surface area contributed by atoms with E-state index in [2.05, 4.69) is 5.92 Å². The van der Waals surface area contributed by atoms with Gasteiger partial charge >= 0.3 is 6.01 Å². The molecule has 5 heterocycles. The maximum absolute atomic E-state index is 15.0. The van der Waals surface area contributed by atoms with E-state index in [0.717, 1.165) is 6.42 Å². The van der Waals surface area contributed by atoms with Gasteiger partial charge in [-0.1, -0.05) is 12.0 Å². The number of aromatic nitrogens is 3. The van der Waals surface area contributed by atoms with E-state index >= 15 is 4.39 Å². The molecule has 4 aromatic rings. The first kappa shape index (κ1) is 26.1. The molecule has 0 amide bonds. The predicted octanol–water partition coefficient (Wildman–Crippen LogP) is 4.98. The van der Waals surface area contributed by atoms with Crippen molar-refractivity contribution >= 4 is 33.2 Å². The first-order valence-electron chi connectivity index (χ1n) is 16.3. The fourth-order valence-electron chi connectivity index (χ4n) is 7.60. The zero-order valence-corrected chi connectivity index (χ0v) is 24.7. The average molecular weight is 617 g/mol. The van der Waals surface area contributed by atoms with Crippen molar-refractivity contribution in [3.63, 3.8) is 0 Å². The fraction of sp³-hybridized carbons (Fsp3) is 0.441. The van der Waals surface area contributed by atoms with Crippen LogP contribution in [0.2, 0.25) is 0 Å². The second-order valence-electron chi connectivity index (χ2n) is 12.5. The molecule has 45 heavy (non-hydrogen) atoms. The van der Waals surface area contributed by atoms with Crippen molar-refractivity contribution in [3.8, 4) is 29.6 Å². The fourth-order valence-corrected chi connectivity index (χ4v) is 7.60. The minimum Gasteiger partial charge on any atom is -0.461 e. The molecule has 0 unspecified atom stereocenters. The second-order valence-corrected chi connectivity index (χ2v) is 12.5. The monoisotopic (exact) mass is 616 g/mol. The number of aryl methyl sites for hydroxylation is 1. The average Bonchev–Trinajstić information content (AvgIpc) is 3.39. The Kier molecular flexibility index (Phi) is 6.07. The summed E-state index contributed by atoms with van der Waals surface area (Å²) in [5.41, 5.74) is 7.47. The van der Waals surface area contributed by atoms with Crippen molar-refractivity contribution in [2.24, 2.45) is 5.92 Å². The number of halogens is 3. The summed E-state index contributed by atoms with van der Waals surface area (Å²) in [6.45, 7) is 1.14. The lowest BCUT2D eigenvalue weighted by Gasteiger charge is -2.31. The van der Waals surface area contributed by atoms with Gasteiger partial charge in [0.15, 0.2) is 0 Å². The summed E-state index contributed by atoms with van der Waals surface area (Å²) >= 11 is 0. The number of benzene rings is 2.